The summed E-state index contributed by atoms with van der Waals surface area (Å²) < 4.78 is 13.0. The summed E-state index contributed by atoms with van der Waals surface area (Å²) in [5.41, 5.74) is 0.942. The molecule has 0 aromatic heterocycles. The van der Waals surface area contributed by atoms with Crippen LogP contribution in [0.5, 0.6) is 0 Å². The van der Waals surface area contributed by atoms with Crippen LogP contribution in [0.3, 0.4) is 0 Å². The van der Waals surface area contributed by atoms with Gasteiger partial charge in [0.05, 0.1) is 6.54 Å². The van der Waals surface area contributed by atoms with E-state index < -0.39 is 0 Å². The molecule has 21 heavy (non-hydrogen) atoms. The van der Waals surface area contributed by atoms with Crippen molar-refractivity contribution >= 4 is 11.9 Å². The molecule has 1 atom stereocenters. The van der Waals surface area contributed by atoms with E-state index in [1.807, 2.05) is 18.7 Å². The summed E-state index contributed by atoms with van der Waals surface area (Å²) in [6, 6.07) is 5.91. The third-order valence-electron chi connectivity index (χ3n) is 3.80. The van der Waals surface area contributed by atoms with Crippen molar-refractivity contribution in [3.8, 4) is 0 Å². The number of imide groups is 1. The van der Waals surface area contributed by atoms with Crippen molar-refractivity contribution in [2.75, 3.05) is 26.2 Å². The Kier molecular flexibility index (Phi) is 4.90. The second-order valence-corrected chi connectivity index (χ2v) is 5.07. The smallest absolute Gasteiger partial charge is 0.324 e. The molecule has 0 bridgehead atoms. The van der Waals surface area contributed by atoms with Gasteiger partial charge in [0.2, 0.25) is 5.91 Å². The summed E-state index contributed by atoms with van der Waals surface area (Å²) in [4.78, 5) is 26.9. The zero-order valence-corrected chi connectivity index (χ0v) is 12.3. The quantitative estimate of drug-likeness (QED) is 0.900. The number of carbonyl (C=O) groups excluding carboxylic acids is 2. The fourth-order valence-corrected chi connectivity index (χ4v) is 2.44. The number of amides is 3. The van der Waals surface area contributed by atoms with Crippen molar-refractivity contribution < 1.29 is 14.0 Å². The SMILES string of the molecule is CCN(CC(=O)N1CCNC1=O)[C@@H](C)c1ccc(F)cc1. The van der Waals surface area contributed by atoms with E-state index in [-0.39, 0.29) is 30.3 Å². The van der Waals surface area contributed by atoms with Crippen molar-refractivity contribution in [2.45, 2.75) is 19.9 Å². The number of urea groups is 1. The van der Waals surface area contributed by atoms with Crippen LogP contribution in [0, 0.1) is 5.82 Å². The Morgan fingerprint density at radius 3 is 2.62 bits per heavy atom. The maximum absolute atomic E-state index is 13.0. The van der Waals surface area contributed by atoms with E-state index >= 15 is 0 Å². The molecule has 0 radical (unpaired) electrons. The van der Waals surface area contributed by atoms with Crippen molar-refractivity contribution in [1.29, 1.82) is 0 Å². The van der Waals surface area contributed by atoms with Gasteiger partial charge in [-0.2, -0.15) is 0 Å². The summed E-state index contributed by atoms with van der Waals surface area (Å²) >= 11 is 0. The molecule has 1 aliphatic rings. The maximum atomic E-state index is 13.0. The number of nitrogens with zero attached hydrogens (tertiary/aromatic N) is 2. The molecule has 0 unspecified atom stereocenters. The van der Waals surface area contributed by atoms with E-state index in [4.69, 9.17) is 0 Å². The van der Waals surface area contributed by atoms with E-state index in [0.717, 1.165) is 5.56 Å². The van der Waals surface area contributed by atoms with Crippen LogP contribution >= 0.6 is 0 Å². The van der Waals surface area contributed by atoms with Crippen LogP contribution in [0.1, 0.15) is 25.5 Å². The molecule has 0 aliphatic carbocycles. The van der Waals surface area contributed by atoms with Gasteiger partial charge in [-0.15, -0.1) is 0 Å². The zero-order valence-electron chi connectivity index (χ0n) is 12.3. The molecule has 1 aromatic rings. The van der Waals surface area contributed by atoms with Crippen LogP contribution < -0.4 is 5.32 Å². The summed E-state index contributed by atoms with van der Waals surface area (Å²) in [5.74, 6) is -0.486. The minimum atomic E-state index is -0.328. The monoisotopic (exact) mass is 293 g/mol. The van der Waals surface area contributed by atoms with Gasteiger partial charge in [-0.05, 0) is 31.2 Å². The first-order valence-electron chi connectivity index (χ1n) is 7.10. The standard InChI is InChI=1S/C15H20FN3O2/c1-3-18(10-14(20)19-9-8-17-15(19)21)11(2)12-4-6-13(16)7-5-12/h4-7,11H,3,8-10H2,1-2H3,(H,17,21)/t11-/m0/s1. The van der Waals surface area contributed by atoms with Gasteiger partial charge in [0, 0.05) is 19.1 Å². The molecule has 2 rings (SSSR count). The van der Waals surface area contributed by atoms with E-state index in [1.54, 1.807) is 12.1 Å². The second kappa shape index (κ2) is 6.67. The van der Waals surface area contributed by atoms with Crippen LogP contribution in [0.15, 0.2) is 24.3 Å². The van der Waals surface area contributed by atoms with Crippen molar-refractivity contribution in [3.63, 3.8) is 0 Å². The lowest BCUT2D eigenvalue weighted by Crippen LogP contribution is -2.42. The number of likely N-dealkylation sites (N-methyl/N-ethyl adjacent to an activating group) is 1. The van der Waals surface area contributed by atoms with Crippen LogP contribution in [-0.4, -0.2) is 47.9 Å². The van der Waals surface area contributed by atoms with Crippen LogP contribution in [0.4, 0.5) is 9.18 Å². The molecule has 3 amide bonds. The first kappa shape index (κ1) is 15.4. The van der Waals surface area contributed by atoms with E-state index in [2.05, 4.69) is 5.32 Å². The minimum Gasteiger partial charge on any atom is -0.336 e. The summed E-state index contributed by atoms with van der Waals surface area (Å²) in [6.45, 7) is 5.68. The lowest BCUT2D eigenvalue weighted by atomic mass is 10.1. The third kappa shape index (κ3) is 3.58. The molecule has 114 valence electrons. The average Bonchev–Trinajstić information content (AvgIpc) is 2.91. The molecule has 1 saturated heterocycles. The van der Waals surface area contributed by atoms with Gasteiger partial charge in [-0.3, -0.25) is 14.6 Å². The summed E-state index contributed by atoms with van der Waals surface area (Å²) in [7, 11) is 0. The number of rotatable bonds is 5. The number of halogens is 1. The van der Waals surface area contributed by atoms with Gasteiger partial charge in [-0.25, -0.2) is 9.18 Å². The van der Waals surface area contributed by atoms with Crippen LogP contribution in [0.2, 0.25) is 0 Å². The first-order chi connectivity index (χ1) is 10.0. The second-order valence-electron chi connectivity index (χ2n) is 5.07. The Labute approximate surface area is 123 Å². The summed E-state index contributed by atoms with van der Waals surface area (Å²) in [6.07, 6.45) is 0. The number of benzene rings is 1. The van der Waals surface area contributed by atoms with E-state index in [9.17, 15) is 14.0 Å². The third-order valence-corrected chi connectivity index (χ3v) is 3.80. The Balaban J connectivity index is 2.03. The first-order valence-corrected chi connectivity index (χ1v) is 7.10. The number of hydrogen-bond acceptors (Lipinski definition) is 3. The fourth-order valence-electron chi connectivity index (χ4n) is 2.44. The zero-order chi connectivity index (χ0) is 15.4. The van der Waals surface area contributed by atoms with Crippen molar-refractivity contribution in [3.05, 3.63) is 35.6 Å². The molecule has 1 aliphatic heterocycles. The Morgan fingerprint density at radius 2 is 2.10 bits per heavy atom. The molecule has 0 spiro atoms. The van der Waals surface area contributed by atoms with Crippen LogP contribution in [0.25, 0.3) is 0 Å². The van der Waals surface area contributed by atoms with Crippen LogP contribution in [-0.2, 0) is 4.79 Å². The predicted molar refractivity (Wildman–Crippen MR) is 77.2 cm³/mol. The number of hydrogen-bond donors (Lipinski definition) is 1. The highest BCUT2D eigenvalue weighted by Gasteiger charge is 2.28. The van der Waals surface area contributed by atoms with Gasteiger partial charge in [0.25, 0.3) is 0 Å². The Morgan fingerprint density at radius 1 is 1.43 bits per heavy atom. The molecule has 1 N–H and O–H groups in total. The van der Waals surface area contributed by atoms with Gasteiger partial charge in [0.15, 0.2) is 0 Å². The number of nitrogens with one attached hydrogen (secondary N) is 1. The highest BCUT2D eigenvalue weighted by molar-refractivity contribution is 5.96. The molecule has 5 nitrogen and oxygen atoms in total. The predicted octanol–water partition coefficient (Wildman–Crippen LogP) is 1.76. The van der Waals surface area contributed by atoms with Crippen molar-refractivity contribution in [1.82, 2.24) is 15.1 Å². The number of carbonyl (C=O) groups is 2. The normalized spacial score (nSPS) is 16.2. The molecule has 1 fully saturated rings. The lowest BCUT2D eigenvalue weighted by molar-refractivity contribution is -0.129. The Bertz CT molecular complexity index is 518. The molecular weight excluding hydrogens is 273 g/mol. The topological polar surface area (TPSA) is 52.7 Å². The van der Waals surface area contributed by atoms with Gasteiger partial charge < -0.3 is 5.32 Å². The largest absolute Gasteiger partial charge is 0.336 e. The molecule has 6 heteroatoms. The van der Waals surface area contributed by atoms with Crippen molar-refractivity contribution in [2.24, 2.45) is 0 Å². The van der Waals surface area contributed by atoms with Gasteiger partial charge >= 0.3 is 6.03 Å². The van der Waals surface area contributed by atoms with E-state index in [1.165, 1.54) is 17.0 Å². The highest BCUT2D eigenvalue weighted by Crippen LogP contribution is 2.20. The van der Waals surface area contributed by atoms with Gasteiger partial charge in [0.1, 0.15) is 5.82 Å². The summed E-state index contributed by atoms with van der Waals surface area (Å²) in [5, 5.41) is 2.61. The Hall–Kier alpha value is -1.95. The average molecular weight is 293 g/mol. The minimum absolute atomic E-state index is 0.0229. The molecule has 1 heterocycles. The fraction of sp³-hybridized carbons (Fsp3) is 0.467. The molecular formula is C15H20FN3O2. The molecule has 0 saturated carbocycles. The van der Waals surface area contributed by atoms with E-state index in [0.29, 0.717) is 19.6 Å². The highest BCUT2D eigenvalue weighted by atomic mass is 19.1. The lowest BCUT2D eigenvalue weighted by Gasteiger charge is -2.28. The van der Waals surface area contributed by atoms with Gasteiger partial charge in [-0.1, -0.05) is 19.1 Å². The maximum Gasteiger partial charge on any atom is 0.324 e. The molecule has 1 aromatic carbocycles.